The van der Waals surface area contributed by atoms with Gasteiger partial charge in [0.05, 0.1) is 35.2 Å². The van der Waals surface area contributed by atoms with E-state index in [0.717, 1.165) is 37.7 Å². The molecular weight excluding hydrogens is 505 g/mol. The minimum Gasteiger partial charge on any atom is -0.325 e. The molecule has 1 aliphatic heterocycles. The number of urea groups is 1. The van der Waals surface area contributed by atoms with E-state index in [1.165, 1.54) is 16.0 Å². The summed E-state index contributed by atoms with van der Waals surface area (Å²) >= 11 is 0. The van der Waals surface area contributed by atoms with Crippen molar-refractivity contribution in [3.63, 3.8) is 0 Å². The second-order valence-corrected chi connectivity index (χ2v) is 10.9. The summed E-state index contributed by atoms with van der Waals surface area (Å²) in [5.41, 5.74) is 9.49. The number of rotatable bonds is 7. The molecule has 1 heterocycles. The maximum atomic E-state index is 15.7. The Hall–Kier alpha value is -4.04. The van der Waals surface area contributed by atoms with Gasteiger partial charge in [0.1, 0.15) is 5.82 Å². The lowest BCUT2D eigenvalue weighted by atomic mass is 9.82. The van der Waals surface area contributed by atoms with Crippen molar-refractivity contribution in [3.8, 4) is 0 Å². The molecule has 7 nitrogen and oxygen atoms in total. The van der Waals surface area contributed by atoms with E-state index in [1.54, 1.807) is 36.4 Å². The van der Waals surface area contributed by atoms with Gasteiger partial charge >= 0.3 is 6.03 Å². The Morgan fingerprint density at radius 3 is 2.38 bits per heavy atom. The molecule has 0 radical (unpaired) electrons. The summed E-state index contributed by atoms with van der Waals surface area (Å²) in [5, 5.41) is 9.18. The Morgan fingerprint density at radius 2 is 1.70 bits per heavy atom. The lowest BCUT2D eigenvalue weighted by Crippen LogP contribution is -2.39. The molecule has 3 aromatic rings. The molecule has 2 aliphatic rings. The van der Waals surface area contributed by atoms with Crippen LogP contribution in [0.1, 0.15) is 57.1 Å². The van der Waals surface area contributed by atoms with Crippen molar-refractivity contribution >= 4 is 34.7 Å². The fraction of sp³-hybridized carbons (Fsp3) is 0.344. The molecule has 0 spiro atoms. The second-order valence-electron chi connectivity index (χ2n) is 10.9. The zero-order chi connectivity index (χ0) is 28.2. The third-order valence-corrected chi connectivity index (χ3v) is 7.71. The van der Waals surface area contributed by atoms with Crippen LogP contribution in [0.3, 0.4) is 0 Å². The number of nitrogens with one attached hydrogen (secondary N) is 1. The van der Waals surface area contributed by atoms with Crippen molar-refractivity contribution in [3.05, 3.63) is 89.7 Å². The predicted octanol–water partition coefficient (Wildman–Crippen LogP) is 6.81. The van der Waals surface area contributed by atoms with E-state index >= 15 is 4.39 Å². The van der Waals surface area contributed by atoms with Crippen LogP contribution in [-0.2, 0) is 11.3 Å². The molecule has 3 amide bonds. The molecule has 0 saturated heterocycles. The number of nitrogens with zero attached hydrogens (tertiary/aromatic N) is 3. The normalized spacial score (nSPS) is 16.8. The lowest BCUT2D eigenvalue weighted by Gasteiger charge is -2.27. The van der Waals surface area contributed by atoms with E-state index in [1.807, 2.05) is 44.2 Å². The summed E-state index contributed by atoms with van der Waals surface area (Å²) in [6.07, 6.45) is 5.08. The zero-order valence-corrected chi connectivity index (χ0v) is 23.0. The average molecular weight is 542 g/mol. The lowest BCUT2D eigenvalue weighted by molar-refractivity contribution is -0.118. The number of amides is 3. The SMILES string of the molecule is CC(C)[C@H](N)C(=O)Nc1ccc(N2C(=O)N(Cc3ccccc3)N=C(C3CCCCC3)c3c(F)cccc32)cc1. The fourth-order valence-electron chi connectivity index (χ4n) is 5.39. The molecule has 0 aromatic heterocycles. The van der Waals surface area contributed by atoms with Gasteiger partial charge in [0, 0.05) is 11.6 Å². The van der Waals surface area contributed by atoms with Gasteiger partial charge in [0.2, 0.25) is 5.91 Å². The van der Waals surface area contributed by atoms with E-state index in [4.69, 9.17) is 10.8 Å². The van der Waals surface area contributed by atoms with Crippen LogP contribution < -0.4 is 16.0 Å². The summed E-state index contributed by atoms with van der Waals surface area (Å²) in [6.45, 7) is 4.03. The van der Waals surface area contributed by atoms with E-state index in [2.05, 4.69) is 5.32 Å². The van der Waals surface area contributed by atoms with Gasteiger partial charge in [0.15, 0.2) is 0 Å². The Bertz CT molecular complexity index is 1380. The molecule has 1 fully saturated rings. The van der Waals surface area contributed by atoms with Gasteiger partial charge in [-0.1, -0.05) is 69.5 Å². The quantitative estimate of drug-likeness (QED) is 0.344. The molecular formula is C32H36FN5O2. The summed E-state index contributed by atoms with van der Waals surface area (Å²) in [6, 6.07) is 20.4. The zero-order valence-electron chi connectivity index (χ0n) is 23.0. The van der Waals surface area contributed by atoms with Crippen molar-refractivity contribution < 1.29 is 14.0 Å². The number of hydrogen-bond acceptors (Lipinski definition) is 4. The first-order valence-electron chi connectivity index (χ1n) is 14.0. The molecule has 40 heavy (non-hydrogen) atoms. The van der Waals surface area contributed by atoms with E-state index in [-0.39, 0.29) is 30.3 Å². The predicted molar refractivity (Wildman–Crippen MR) is 157 cm³/mol. The Labute approximate surface area is 234 Å². The first-order valence-corrected chi connectivity index (χ1v) is 14.0. The van der Waals surface area contributed by atoms with E-state index in [9.17, 15) is 9.59 Å². The highest BCUT2D eigenvalue weighted by Gasteiger charge is 2.35. The first-order chi connectivity index (χ1) is 19.3. The third kappa shape index (κ3) is 5.77. The van der Waals surface area contributed by atoms with Gasteiger partial charge in [-0.05, 0) is 60.7 Å². The number of halogens is 1. The average Bonchev–Trinajstić information content (AvgIpc) is 3.09. The molecule has 8 heteroatoms. The number of hydrazone groups is 1. The minimum atomic E-state index is -0.636. The number of fused-ring (bicyclic) bond motifs is 1. The van der Waals surface area contributed by atoms with E-state index < -0.39 is 11.9 Å². The Kier molecular flexibility index (Phi) is 8.26. The summed E-state index contributed by atoms with van der Waals surface area (Å²) in [4.78, 5) is 28.2. The molecule has 3 N–H and O–H groups in total. The highest BCUT2D eigenvalue weighted by Crippen LogP contribution is 2.39. The maximum absolute atomic E-state index is 15.7. The van der Waals surface area contributed by atoms with Gasteiger partial charge in [-0.15, -0.1) is 0 Å². The van der Waals surface area contributed by atoms with Gasteiger partial charge < -0.3 is 11.1 Å². The van der Waals surface area contributed by atoms with Crippen molar-refractivity contribution in [1.82, 2.24) is 5.01 Å². The van der Waals surface area contributed by atoms with E-state index in [0.29, 0.717) is 28.3 Å². The monoisotopic (exact) mass is 541 g/mol. The molecule has 1 saturated carbocycles. The summed E-state index contributed by atoms with van der Waals surface area (Å²) < 4.78 is 15.7. The van der Waals surface area contributed by atoms with Gasteiger partial charge in [-0.3, -0.25) is 9.69 Å². The second kappa shape index (κ2) is 12.0. The fourth-order valence-corrected chi connectivity index (χ4v) is 5.39. The smallest absolute Gasteiger partial charge is 0.325 e. The van der Waals surface area contributed by atoms with Crippen LogP contribution in [-0.4, -0.2) is 28.7 Å². The molecule has 1 atom stereocenters. The number of anilines is 3. The molecule has 5 rings (SSSR count). The number of nitrogens with two attached hydrogens (primary N) is 1. The molecule has 0 bridgehead atoms. The molecule has 208 valence electrons. The summed E-state index contributed by atoms with van der Waals surface area (Å²) in [7, 11) is 0. The van der Waals surface area contributed by atoms with Crippen LogP contribution in [0.2, 0.25) is 0 Å². The Morgan fingerprint density at radius 1 is 1.00 bits per heavy atom. The van der Waals surface area contributed by atoms with Crippen LogP contribution in [0, 0.1) is 17.7 Å². The van der Waals surface area contributed by atoms with Crippen molar-refractivity contribution in [2.24, 2.45) is 22.7 Å². The van der Waals surface area contributed by atoms with Crippen LogP contribution in [0.25, 0.3) is 0 Å². The topological polar surface area (TPSA) is 91.0 Å². The van der Waals surface area contributed by atoms with Crippen LogP contribution in [0.5, 0.6) is 0 Å². The van der Waals surface area contributed by atoms with Crippen molar-refractivity contribution in [1.29, 1.82) is 0 Å². The van der Waals surface area contributed by atoms with Crippen LogP contribution in [0.15, 0.2) is 77.9 Å². The number of carbonyl (C=O) groups is 2. The Balaban J connectivity index is 1.56. The van der Waals surface area contributed by atoms with Gasteiger partial charge in [-0.2, -0.15) is 5.10 Å². The highest BCUT2D eigenvalue weighted by atomic mass is 19.1. The standard InChI is InChI=1S/C32H36FN5O2/c1-21(2)29(34)31(39)35-24-16-18-25(19-17-24)38-27-15-9-14-26(33)28(27)30(23-12-7-4-8-13-23)36-37(32(38)40)20-22-10-5-3-6-11-22/h3,5-6,9-11,14-19,21,23,29H,4,7-8,12-13,20,34H2,1-2H3,(H,35,39)/t29-/m0/s1. The maximum Gasteiger partial charge on any atom is 0.349 e. The number of benzene rings is 3. The number of carbonyl (C=O) groups excluding carboxylic acids is 2. The van der Waals surface area contributed by atoms with Crippen LogP contribution >= 0.6 is 0 Å². The van der Waals surface area contributed by atoms with Crippen molar-refractivity contribution in [2.45, 2.75) is 58.5 Å². The first kappa shape index (κ1) is 27.5. The third-order valence-electron chi connectivity index (χ3n) is 7.71. The summed E-state index contributed by atoms with van der Waals surface area (Å²) in [5.74, 6) is -0.610. The highest BCUT2D eigenvalue weighted by molar-refractivity contribution is 6.14. The molecule has 0 unspecified atom stereocenters. The minimum absolute atomic E-state index is 0.00523. The number of hydrogen-bond donors (Lipinski definition) is 2. The largest absolute Gasteiger partial charge is 0.349 e. The van der Waals surface area contributed by atoms with Crippen LogP contribution in [0.4, 0.5) is 26.2 Å². The van der Waals surface area contributed by atoms with Gasteiger partial charge in [0.25, 0.3) is 0 Å². The van der Waals surface area contributed by atoms with Gasteiger partial charge in [-0.25, -0.2) is 14.2 Å². The molecule has 3 aromatic carbocycles. The molecule has 1 aliphatic carbocycles. The van der Waals surface area contributed by atoms with Crippen molar-refractivity contribution in [2.75, 3.05) is 10.2 Å².